The van der Waals surface area contributed by atoms with Crippen molar-refractivity contribution >= 4 is 23.6 Å². The molecule has 1 aromatic carbocycles. The molecule has 0 unspecified atom stereocenters. The Morgan fingerprint density at radius 3 is 2.42 bits per heavy atom. The summed E-state index contributed by atoms with van der Waals surface area (Å²) < 4.78 is 0. The summed E-state index contributed by atoms with van der Waals surface area (Å²) >= 11 is 1.67. The monoisotopic (exact) mass is 280 g/mol. The second-order valence-electron chi connectivity index (χ2n) is 4.40. The van der Waals surface area contributed by atoms with Gasteiger partial charge in [0.15, 0.2) is 0 Å². The first-order valence-electron chi connectivity index (χ1n) is 6.29. The van der Waals surface area contributed by atoms with Crippen molar-refractivity contribution in [2.75, 3.05) is 13.1 Å². The Hall–Kier alpha value is -1.49. The zero-order valence-corrected chi connectivity index (χ0v) is 12.3. The maximum absolute atomic E-state index is 12.1. The van der Waals surface area contributed by atoms with Crippen LogP contribution in [0, 0.1) is 0 Å². The van der Waals surface area contributed by atoms with Crippen LogP contribution >= 0.6 is 11.8 Å². The molecule has 0 spiro atoms. The lowest BCUT2D eigenvalue weighted by Gasteiger charge is -2.11. The average molecular weight is 280 g/mol. The highest BCUT2D eigenvalue weighted by atomic mass is 32.2. The van der Waals surface area contributed by atoms with E-state index in [9.17, 15) is 9.59 Å². The van der Waals surface area contributed by atoms with E-state index < -0.39 is 0 Å². The highest BCUT2D eigenvalue weighted by Crippen LogP contribution is 2.26. The first kappa shape index (κ1) is 15.6. The van der Waals surface area contributed by atoms with E-state index in [2.05, 4.69) is 24.5 Å². The normalized spacial score (nSPS) is 10.3. The summed E-state index contributed by atoms with van der Waals surface area (Å²) in [4.78, 5) is 23.7. The summed E-state index contributed by atoms with van der Waals surface area (Å²) in [5.41, 5.74) is 0.684. The maximum atomic E-state index is 12.1. The Kier molecular flexibility index (Phi) is 6.42. The van der Waals surface area contributed by atoms with Crippen LogP contribution in [-0.4, -0.2) is 30.2 Å². The number of nitrogens with one attached hydrogen (secondary N) is 2. The third kappa shape index (κ3) is 5.79. The lowest BCUT2D eigenvalue weighted by atomic mass is 10.2. The minimum atomic E-state index is -0.103. The molecular formula is C14H20N2O2S. The van der Waals surface area contributed by atoms with Gasteiger partial charge in [0, 0.05) is 30.2 Å². The molecule has 0 fully saturated rings. The van der Waals surface area contributed by atoms with Crippen LogP contribution in [0.5, 0.6) is 0 Å². The number of hydrogen-bond donors (Lipinski definition) is 2. The van der Waals surface area contributed by atoms with Crippen LogP contribution in [0.25, 0.3) is 0 Å². The van der Waals surface area contributed by atoms with Crippen LogP contribution in [0.15, 0.2) is 29.2 Å². The van der Waals surface area contributed by atoms with E-state index in [4.69, 9.17) is 0 Å². The Balaban J connectivity index is 2.58. The van der Waals surface area contributed by atoms with Gasteiger partial charge in [-0.15, -0.1) is 11.8 Å². The molecule has 0 atom stereocenters. The zero-order chi connectivity index (χ0) is 14.3. The standard InChI is InChI=1S/C14H20N2O2S/c1-10(2)19-13-7-5-4-6-12(13)14(18)16-9-8-15-11(3)17/h4-7,10H,8-9H2,1-3H3,(H,15,17)(H,16,18). The Labute approximate surface area is 118 Å². The van der Waals surface area contributed by atoms with Crippen LogP contribution in [0.4, 0.5) is 0 Å². The van der Waals surface area contributed by atoms with Crippen LogP contribution in [0.2, 0.25) is 0 Å². The largest absolute Gasteiger partial charge is 0.355 e. The molecule has 1 rings (SSSR count). The van der Waals surface area contributed by atoms with Gasteiger partial charge < -0.3 is 10.6 Å². The quantitative estimate of drug-likeness (QED) is 0.619. The second kappa shape index (κ2) is 7.84. The smallest absolute Gasteiger partial charge is 0.252 e. The molecular weight excluding hydrogens is 260 g/mol. The number of benzene rings is 1. The lowest BCUT2D eigenvalue weighted by Crippen LogP contribution is -2.33. The fourth-order valence-corrected chi connectivity index (χ4v) is 2.47. The van der Waals surface area contributed by atoms with Gasteiger partial charge in [-0.1, -0.05) is 26.0 Å². The molecule has 104 valence electrons. The predicted molar refractivity (Wildman–Crippen MR) is 78.5 cm³/mol. The van der Waals surface area contributed by atoms with Crippen LogP contribution < -0.4 is 10.6 Å². The van der Waals surface area contributed by atoms with E-state index >= 15 is 0 Å². The first-order valence-corrected chi connectivity index (χ1v) is 7.17. The Bertz CT molecular complexity index is 447. The van der Waals surface area contributed by atoms with Gasteiger partial charge in [0.1, 0.15) is 0 Å². The maximum Gasteiger partial charge on any atom is 0.252 e. The summed E-state index contributed by atoms with van der Waals surface area (Å²) in [6.07, 6.45) is 0. The van der Waals surface area contributed by atoms with Crippen molar-refractivity contribution in [3.8, 4) is 0 Å². The summed E-state index contributed by atoms with van der Waals surface area (Å²) in [6, 6.07) is 7.55. The lowest BCUT2D eigenvalue weighted by molar-refractivity contribution is -0.118. The van der Waals surface area contributed by atoms with Crippen LogP contribution in [0.3, 0.4) is 0 Å². The van der Waals surface area contributed by atoms with E-state index in [1.807, 2.05) is 24.3 Å². The number of carbonyl (C=O) groups is 2. The second-order valence-corrected chi connectivity index (χ2v) is 6.02. The molecule has 0 saturated heterocycles. The van der Waals surface area contributed by atoms with Crippen LogP contribution in [-0.2, 0) is 4.79 Å². The van der Waals surface area contributed by atoms with E-state index in [0.717, 1.165) is 4.90 Å². The summed E-state index contributed by atoms with van der Waals surface area (Å²) in [7, 11) is 0. The highest BCUT2D eigenvalue weighted by molar-refractivity contribution is 8.00. The van der Waals surface area contributed by atoms with Crippen molar-refractivity contribution in [1.29, 1.82) is 0 Å². The van der Waals surface area contributed by atoms with Crippen molar-refractivity contribution in [2.45, 2.75) is 30.9 Å². The van der Waals surface area contributed by atoms with Crippen molar-refractivity contribution in [3.63, 3.8) is 0 Å². The third-order valence-corrected chi connectivity index (χ3v) is 3.36. The minimum Gasteiger partial charge on any atom is -0.355 e. The number of carbonyl (C=O) groups excluding carboxylic acids is 2. The molecule has 0 bridgehead atoms. The van der Waals surface area contributed by atoms with Crippen molar-refractivity contribution in [3.05, 3.63) is 29.8 Å². The molecule has 4 nitrogen and oxygen atoms in total. The Morgan fingerprint density at radius 1 is 1.16 bits per heavy atom. The molecule has 0 aliphatic rings. The molecule has 19 heavy (non-hydrogen) atoms. The van der Waals surface area contributed by atoms with Gasteiger partial charge in [-0.2, -0.15) is 0 Å². The topological polar surface area (TPSA) is 58.2 Å². The van der Waals surface area contributed by atoms with E-state index in [1.54, 1.807) is 11.8 Å². The van der Waals surface area contributed by atoms with Crippen molar-refractivity contribution in [1.82, 2.24) is 10.6 Å². The SMILES string of the molecule is CC(=O)NCCNC(=O)c1ccccc1SC(C)C. The molecule has 1 aromatic rings. The third-order valence-electron chi connectivity index (χ3n) is 2.28. The minimum absolute atomic E-state index is 0.0926. The van der Waals surface area contributed by atoms with Gasteiger partial charge in [-0.05, 0) is 12.1 Å². The Morgan fingerprint density at radius 2 is 1.79 bits per heavy atom. The van der Waals surface area contributed by atoms with Gasteiger partial charge in [-0.25, -0.2) is 0 Å². The molecule has 2 N–H and O–H groups in total. The fraction of sp³-hybridized carbons (Fsp3) is 0.429. The molecule has 2 amide bonds. The van der Waals surface area contributed by atoms with Gasteiger partial charge in [-0.3, -0.25) is 9.59 Å². The average Bonchev–Trinajstić information content (AvgIpc) is 2.34. The van der Waals surface area contributed by atoms with Gasteiger partial charge in [0.25, 0.3) is 5.91 Å². The molecule has 0 radical (unpaired) electrons. The van der Waals surface area contributed by atoms with Gasteiger partial charge in [0.2, 0.25) is 5.91 Å². The molecule has 5 heteroatoms. The van der Waals surface area contributed by atoms with E-state index in [1.165, 1.54) is 6.92 Å². The molecule has 0 saturated carbocycles. The molecule has 0 aromatic heterocycles. The zero-order valence-electron chi connectivity index (χ0n) is 11.5. The molecule has 0 aliphatic carbocycles. The van der Waals surface area contributed by atoms with Crippen LogP contribution in [0.1, 0.15) is 31.1 Å². The number of hydrogen-bond acceptors (Lipinski definition) is 3. The highest BCUT2D eigenvalue weighted by Gasteiger charge is 2.11. The number of rotatable bonds is 6. The molecule has 0 aliphatic heterocycles. The fourth-order valence-electron chi connectivity index (χ4n) is 1.52. The van der Waals surface area contributed by atoms with Gasteiger partial charge in [0.05, 0.1) is 5.56 Å². The van der Waals surface area contributed by atoms with Gasteiger partial charge >= 0.3 is 0 Å². The van der Waals surface area contributed by atoms with E-state index in [-0.39, 0.29) is 11.8 Å². The van der Waals surface area contributed by atoms with Crippen molar-refractivity contribution in [2.24, 2.45) is 0 Å². The summed E-state index contributed by atoms with van der Waals surface area (Å²) in [5.74, 6) is -0.195. The summed E-state index contributed by atoms with van der Waals surface area (Å²) in [6.45, 7) is 6.52. The first-order chi connectivity index (χ1) is 9.00. The van der Waals surface area contributed by atoms with E-state index in [0.29, 0.717) is 23.9 Å². The predicted octanol–water partition coefficient (Wildman–Crippen LogP) is 2.05. The number of amides is 2. The molecule has 0 heterocycles. The summed E-state index contributed by atoms with van der Waals surface area (Å²) in [5, 5.41) is 5.87. The van der Waals surface area contributed by atoms with Crippen molar-refractivity contribution < 1.29 is 9.59 Å². The number of thioether (sulfide) groups is 1.